The van der Waals surface area contributed by atoms with Crippen molar-refractivity contribution in [3.63, 3.8) is 0 Å². The normalized spacial score (nSPS) is 15.7. The van der Waals surface area contributed by atoms with Crippen molar-refractivity contribution in [2.24, 2.45) is 0 Å². The van der Waals surface area contributed by atoms with Gasteiger partial charge in [-0.15, -0.1) is 0 Å². The smallest absolute Gasteiger partial charge is 0.417 e. The second-order valence-electron chi connectivity index (χ2n) is 7.24. The number of nitrogens with one attached hydrogen (secondary N) is 2. The van der Waals surface area contributed by atoms with Gasteiger partial charge in [0.05, 0.1) is 10.6 Å². The molecule has 2 heterocycles. The zero-order chi connectivity index (χ0) is 21.1. The Hall–Kier alpha value is -2.82. The van der Waals surface area contributed by atoms with E-state index in [1.54, 1.807) is 6.07 Å². The number of piperazine rings is 1. The Bertz CT molecular complexity index is 1180. The van der Waals surface area contributed by atoms with Gasteiger partial charge in [0.2, 0.25) is 10.0 Å². The second kappa shape index (κ2) is 8.50. The highest BCUT2D eigenvalue weighted by molar-refractivity contribution is 7.89. The molecule has 1 aliphatic rings. The summed E-state index contributed by atoms with van der Waals surface area (Å²) in [5.41, 5.74) is 2.23. The largest absolute Gasteiger partial charge is 0.508 e. The van der Waals surface area contributed by atoms with Gasteiger partial charge in [-0.25, -0.2) is 17.9 Å². The molecule has 0 saturated carbocycles. The molecule has 0 radical (unpaired) electrons. The van der Waals surface area contributed by atoms with Crippen molar-refractivity contribution >= 4 is 26.8 Å². The van der Waals surface area contributed by atoms with E-state index in [0.29, 0.717) is 18.5 Å². The Morgan fingerprint density at radius 3 is 2.63 bits per heavy atom. The molecule has 160 valence electrons. The van der Waals surface area contributed by atoms with Crippen LogP contribution in [0.5, 0.6) is 5.75 Å². The second-order valence-corrected chi connectivity index (χ2v) is 9.01. The first-order valence-corrected chi connectivity index (χ1v) is 11.3. The number of para-hydroxylation sites is 1. The summed E-state index contributed by atoms with van der Waals surface area (Å²) in [5, 5.41) is 9.46. The molecule has 3 N–H and O–H groups in total. The van der Waals surface area contributed by atoms with Crippen LogP contribution in [0.3, 0.4) is 0 Å². The minimum Gasteiger partial charge on any atom is -0.508 e. The third-order valence-corrected chi connectivity index (χ3v) is 6.68. The van der Waals surface area contributed by atoms with Crippen LogP contribution in [-0.4, -0.2) is 62.7 Å². The molecule has 30 heavy (non-hydrogen) atoms. The number of aromatic nitrogens is 1. The number of oxazole rings is 1. The van der Waals surface area contributed by atoms with Gasteiger partial charge in [0.15, 0.2) is 5.58 Å². The van der Waals surface area contributed by atoms with Crippen LogP contribution in [0.4, 0.5) is 5.69 Å². The number of aromatic hydroxyl groups is 1. The number of phenols is 1. The van der Waals surface area contributed by atoms with Crippen LogP contribution in [0.25, 0.3) is 11.1 Å². The number of hydrogen-bond donors (Lipinski definition) is 3. The molecule has 9 nitrogen and oxygen atoms in total. The molecule has 4 rings (SSSR count). The number of phenolic OH excluding ortho intramolecular Hbond substituents is 1. The molecular formula is C20H24N4O5S. The predicted molar refractivity (Wildman–Crippen MR) is 113 cm³/mol. The Morgan fingerprint density at radius 1 is 1.10 bits per heavy atom. The molecular weight excluding hydrogens is 408 g/mol. The lowest BCUT2D eigenvalue weighted by Gasteiger charge is -2.36. The molecule has 0 aliphatic carbocycles. The molecule has 0 unspecified atom stereocenters. The van der Waals surface area contributed by atoms with E-state index in [4.69, 9.17) is 4.42 Å². The summed E-state index contributed by atoms with van der Waals surface area (Å²) in [4.78, 5) is 18.8. The molecule has 1 fully saturated rings. The zero-order valence-electron chi connectivity index (χ0n) is 16.4. The van der Waals surface area contributed by atoms with Crippen LogP contribution in [0.15, 0.2) is 56.6 Å². The van der Waals surface area contributed by atoms with Gasteiger partial charge in [-0.3, -0.25) is 9.88 Å². The molecule has 3 aromatic rings. The van der Waals surface area contributed by atoms with Crippen molar-refractivity contribution in [3.05, 3.63) is 53.0 Å². The fraction of sp³-hybridized carbons (Fsp3) is 0.350. The minimum atomic E-state index is -3.62. The minimum absolute atomic E-state index is 0.0579. The summed E-state index contributed by atoms with van der Waals surface area (Å²) in [7, 11) is -3.62. The van der Waals surface area contributed by atoms with Gasteiger partial charge < -0.3 is 14.4 Å². The lowest BCUT2D eigenvalue weighted by atomic mass is 10.2. The molecule has 2 aromatic carbocycles. The maximum absolute atomic E-state index is 12.3. The Labute approximate surface area is 174 Å². The van der Waals surface area contributed by atoms with E-state index in [0.717, 1.165) is 43.9 Å². The van der Waals surface area contributed by atoms with Crippen molar-refractivity contribution in [2.45, 2.75) is 11.3 Å². The first-order chi connectivity index (χ1) is 14.4. The number of hydrogen-bond acceptors (Lipinski definition) is 7. The number of benzene rings is 2. The lowest BCUT2D eigenvalue weighted by Crippen LogP contribution is -2.47. The van der Waals surface area contributed by atoms with Crippen LogP contribution in [-0.2, 0) is 10.0 Å². The van der Waals surface area contributed by atoms with Gasteiger partial charge in [0, 0.05) is 32.7 Å². The molecule has 1 aromatic heterocycles. The molecule has 1 saturated heterocycles. The SMILES string of the molecule is O=c1[nH]c2c(N3CCN(CCCNS(=O)(=O)c4cccc(O)c4)CC3)cccc2o1. The van der Waals surface area contributed by atoms with Gasteiger partial charge in [-0.1, -0.05) is 12.1 Å². The highest BCUT2D eigenvalue weighted by atomic mass is 32.2. The maximum Gasteiger partial charge on any atom is 0.417 e. The van der Waals surface area contributed by atoms with Gasteiger partial charge in [0.25, 0.3) is 0 Å². The molecule has 0 atom stereocenters. The molecule has 10 heteroatoms. The maximum atomic E-state index is 12.3. The first kappa shape index (κ1) is 20.5. The van der Waals surface area contributed by atoms with Crippen LogP contribution in [0, 0.1) is 0 Å². The number of H-pyrrole nitrogens is 1. The Morgan fingerprint density at radius 2 is 1.87 bits per heavy atom. The van der Waals surface area contributed by atoms with Gasteiger partial charge >= 0.3 is 5.76 Å². The van der Waals surface area contributed by atoms with Crippen molar-refractivity contribution in [2.75, 3.05) is 44.2 Å². The summed E-state index contributed by atoms with van der Waals surface area (Å²) in [6.07, 6.45) is 0.683. The predicted octanol–water partition coefficient (Wildman–Crippen LogP) is 1.32. The molecule has 0 bridgehead atoms. The Balaban J connectivity index is 1.26. The van der Waals surface area contributed by atoms with Crippen LogP contribution in [0.2, 0.25) is 0 Å². The van der Waals surface area contributed by atoms with E-state index >= 15 is 0 Å². The number of nitrogens with zero attached hydrogens (tertiary/aromatic N) is 2. The van der Waals surface area contributed by atoms with Crippen LogP contribution in [0.1, 0.15) is 6.42 Å². The number of sulfonamides is 1. The van der Waals surface area contributed by atoms with E-state index in [2.05, 4.69) is 19.5 Å². The zero-order valence-corrected chi connectivity index (χ0v) is 17.2. The quantitative estimate of drug-likeness (QED) is 0.482. The monoisotopic (exact) mass is 432 g/mol. The molecule has 1 aliphatic heterocycles. The van der Waals surface area contributed by atoms with E-state index in [9.17, 15) is 18.3 Å². The van der Waals surface area contributed by atoms with E-state index in [1.807, 2.05) is 12.1 Å². The summed E-state index contributed by atoms with van der Waals surface area (Å²) in [6, 6.07) is 11.2. The van der Waals surface area contributed by atoms with Crippen molar-refractivity contribution < 1.29 is 17.9 Å². The fourth-order valence-electron chi connectivity index (χ4n) is 3.68. The van der Waals surface area contributed by atoms with Crippen molar-refractivity contribution in [1.29, 1.82) is 0 Å². The Kier molecular flexibility index (Phi) is 5.80. The molecule has 0 spiro atoms. The first-order valence-electron chi connectivity index (χ1n) is 9.80. The number of anilines is 1. The highest BCUT2D eigenvalue weighted by Crippen LogP contribution is 2.25. The summed E-state index contributed by atoms with van der Waals surface area (Å²) in [6.45, 7) is 4.41. The average molecular weight is 433 g/mol. The third-order valence-electron chi connectivity index (χ3n) is 5.22. The van der Waals surface area contributed by atoms with Crippen LogP contribution < -0.4 is 15.4 Å². The third kappa shape index (κ3) is 4.50. The van der Waals surface area contributed by atoms with Crippen molar-refractivity contribution in [1.82, 2.24) is 14.6 Å². The summed E-state index contributed by atoms with van der Waals surface area (Å²) >= 11 is 0. The fourth-order valence-corrected chi connectivity index (χ4v) is 4.79. The topological polar surface area (TPSA) is 119 Å². The number of rotatable bonds is 7. The number of fused-ring (bicyclic) bond motifs is 1. The standard InChI is InChI=1S/C20H24N4O5S/c25-15-4-1-5-16(14-15)30(27,28)21-8-3-9-23-10-12-24(13-11-23)17-6-2-7-18-19(17)22-20(26)29-18/h1-2,4-7,14,21,25H,3,8-13H2,(H,22,26). The molecule has 0 amide bonds. The van der Waals surface area contributed by atoms with Crippen molar-refractivity contribution in [3.8, 4) is 5.75 Å². The number of aromatic amines is 1. The van der Waals surface area contributed by atoms with E-state index in [1.165, 1.54) is 24.3 Å². The van der Waals surface area contributed by atoms with Gasteiger partial charge in [-0.2, -0.15) is 0 Å². The lowest BCUT2D eigenvalue weighted by molar-refractivity contribution is 0.255. The van der Waals surface area contributed by atoms with E-state index in [-0.39, 0.29) is 10.6 Å². The summed E-state index contributed by atoms with van der Waals surface area (Å²) < 4.78 is 32.3. The summed E-state index contributed by atoms with van der Waals surface area (Å²) in [5.74, 6) is -0.532. The van der Waals surface area contributed by atoms with Crippen LogP contribution >= 0.6 is 0 Å². The van der Waals surface area contributed by atoms with Gasteiger partial charge in [-0.05, 0) is 43.3 Å². The highest BCUT2D eigenvalue weighted by Gasteiger charge is 2.20. The van der Waals surface area contributed by atoms with Gasteiger partial charge in [0.1, 0.15) is 11.3 Å². The van der Waals surface area contributed by atoms with E-state index < -0.39 is 15.8 Å². The average Bonchev–Trinajstić information content (AvgIpc) is 3.12.